The van der Waals surface area contributed by atoms with Gasteiger partial charge in [0.25, 0.3) is 0 Å². The van der Waals surface area contributed by atoms with Gasteiger partial charge in [-0.2, -0.15) is 10.4 Å². The number of hydrogen-bond donors (Lipinski definition) is 1. The topological polar surface area (TPSA) is 96.1 Å². The van der Waals surface area contributed by atoms with Crippen molar-refractivity contribution in [1.29, 1.82) is 5.26 Å². The van der Waals surface area contributed by atoms with Gasteiger partial charge in [0.2, 0.25) is 5.91 Å². The number of nitriles is 1. The fraction of sp³-hybridized carbons (Fsp3) is 0.733. The summed E-state index contributed by atoms with van der Waals surface area (Å²) in [5.41, 5.74) is -0.733. The van der Waals surface area contributed by atoms with Gasteiger partial charge in [-0.25, -0.2) is 4.98 Å². The Hall–Kier alpha value is -1.98. The fourth-order valence-corrected chi connectivity index (χ4v) is 2.98. The molecule has 23 heavy (non-hydrogen) atoms. The van der Waals surface area contributed by atoms with Crippen LogP contribution in [-0.4, -0.2) is 63.5 Å². The van der Waals surface area contributed by atoms with Crippen LogP contribution in [0.15, 0.2) is 12.7 Å². The highest BCUT2D eigenvalue weighted by Crippen LogP contribution is 2.39. The molecule has 2 fully saturated rings. The van der Waals surface area contributed by atoms with Crippen molar-refractivity contribution in [2.75, 3.05) is 26.2 Å². The van der Waals surface area contributed by atoms with Gasteiger partial charge in [-0.1, -0.05) is 0 Å². The number of nitrogens with one attached hydrogen (secondary N) is 1. The highest BCUT2D eigenvalue weighted by molar-refractivity contribution is 5.79. The quantitative estimate of drug-likeness (QED) is 0.779. The van der Waals surface area contributed by atoms with Gasteiger partial charge in [0.1, 0.15) is 18.2 Å². The van der Waals surface area contributed by atoms with Crippen molar-refractivity contribution in [3.63, 3.8) is 0 Å². The lowest BCUT2D eigenvalue weighted by Crippen LogP contribution is -2.53. The largest absolute Gasteiger partial charge is 0.374 e. The molecule has 2 aliphatic rings. The lowest BCUT2D eigenvalue weighted by molar-refractivity contribution is -0.125. The van der Waals surface area contributed by atoms with E-state index in [0.29, 0.717) is 38.7 Å². The second-order valence-electron chi connectivity index (χ2n) is 6.48. The van der Waals surface area contributed by atoms with Crippen LogP contribution in [0.25, 0.3) is 0 Å². The molecule has 1 saturated carbocycles. The Morgan fingerprint density at radius 2 is 2.39 bits per heavy atom. The first-order chi connectivity index (χ1) is 11.1. The van der Waals surface area contributed by atoms with Crippen molar-refractivity contribution in [1.82, 2.24) is 25.0 Å². The van der Waals surface area contributed by atoms with Gasteiger partial charge < -0.3 is 10.1 Å². The molecule has 1 saturated heterocycles. The first kappa shape index (κ1) is 15.9. The van der Waals surface area contributed by atoms with Crippen molar-refractivity contribution in [3.05, 3.63) is 12.7 Å². The predicted molar refractivity (Wildman–Crippen MR) is 81.1 cm³/mol. The molecule has 2 heterocycles. The van der Waals surface area contributed by atoms with Crippen LogP contribution >= 0.6 is 0 Å². The molecule has 0 unspecified atom stereocenters. The number of carbonyl (C=O) groups excluding carboxylic acids is 1. The highest BCUT2D eigenvalue weighted by atomic mass is 16.5. The number of hydrogen-bond acceptors (Lipinski definition) is 6. The summed E-state index contributed by atoms with van der Waals surface area (Å²) in [5.74, 6) is 0.198. The Kier molecular flexibility index (Phi) is 4.59. The monoisotopic (exact) mass is 318 g/mol. The molecule has 3 rings (SSSR count). The Labute approximate surface area is 135 Å². The number of amides is 1. The molecule has 1 amide bonds. The summed E-state index contributed by atoms with van der Waals surface area (Å²) in [6.07, 6.45) is 5.17. The third kappa shape index (κ3) is 4.06. The number of morpholine rings is 1. The van der Waals surface area contributed by atoms with Crippen molar-refractivity contribution in [2.45, 2.75) is 38.0 Å². The average Bonchev–Trinajstić information content (AvgIpc) is 3.27. The number of ether oxygens (including phenoxy) is 1. The van der Waals surface area contributed by atoms with E-state index >= 15 is 0 Å². The summed E-state index contributed by atoms with van der Waals surface area (Å²) < 4.78 is 7.45. The first-order valence-corrected chi connectivity index (χ1v) is 7.98. The maximum Gasteiger partial charge on any atom is 0.235 e. The van der Waals surface area contributed by atoms with Crippen molar-refractivity contribution in [2.24, 2.45) is 5.92 Å². The average molecular weight is 318 g/mol. The van der Waals surface area contributed by atoms with E-state index in [1.54, 1.807) is 11.0 Å². The molecule has 8 heteroatoms. The minimum atomic E-state index is -0.733. The zero-order valence-corrected chi connectivity index (χ0v) is 13.3. The normalized spacial score (nSPS) is 24.6. The second-order valence-corrected chi connectivity index (χ2v) is 6.48. The van der Waals surface area contributed by atoms with Gasteiger partial charge >= 0.3 is 0 Å². The number of aromatic nitrogens is 3. The van der Waals surface area contributed by atoms with Crippen LogP contribution in [0.5, 0.6) is 0 Å². The van der Waals surface area contributed by atoms with Crippen molar-refractivity contribution >= 4 is 5.91 Å². The van der Waals surface area contributed by atoms with E-state index in [0.717, 1.165) is 12.8 Å². The van der Waals surface area contributed by atoms with Crippen LogP contribution in [0.4, 0.5) is 0 Å². The molecule has 1 aromatic rings. The van der Waals surface area contributed by atoms with Gasteiger partial charge in [0.05, 0.1) is 31.9 Å². The van der Waals surface area contributed by atoms with Gasteiger partial charge in [-0.05, 0) is 25.7 Å². The maximum atomic E-state index is 12.3. The van der Waals surface area contributed by atoms with E-state index in [1.807, 2.05) is 6.92 Å². The van der Waals surface area contributed by atoms with Crippen molar-refractivity contribution in [3.8, 4) is 6.07 Å². The van der Waals surface area contributed by atoms with E-state index in [1.165, 1.54) is 6.33 Å². The predicted octanol–water partition coefficient (Wildman–Crippen LogP) is -0.213. The Morgan fingerprint density at radius 1 is 1.57 bits per heavy atom. The Bertz CT molecular complexity index is 579. The zero-order valence-electron chi connectivity index (χ0n) is 13.3. The summed E-state index contributed by atoms with van der Waals surface area (Å²) in [5, 5.41) is 16.3. The van der Waals surface area contributed by atoms with Crippen LogP contribution in [-0.2, 0) is 16.1 Å². The van der Waals surface area contributed by atoms with Gasteiger partial charge in [-0.15, -0.1) is 0 Å². The number of carbonyl (C=O) groups is 1. The maximum absolute atomic E-state index is 12.3. The molecule has 124 valence electrons. The second kappa shape index (κ2) is 6.64. The van der Waals surface area contributed by atoms with Gasteiger partial charge in [0.15, 0.2) is 0 Å². The molecule has 8 nitrogen and oxygen atoms in total. The standard InChI is InChI=1S/C15H22N6O2/c1-15(9-16,12-2-3-12)19-14(22)8-20-4-5-23-13(6-20)7-21-11-17-10-18-21/h10-13H,2-8H2,1H3,(H,19,22)/t13-,15+/m0/s1. The van der Waals surface area contributed by atoms with E-state index < -0.39 is 5.54 Å². The molecule has 1 aliphatic carbocycles. The SMILES string of the molecule is C[C@](C#N)(NC(=O)CN1CCO[C@H](Cn2cncn2)C1)C1CC1. The smallest absolute Gasteiger partial charge is 0.235 e. The van der Waals surface area contributed by atoms with E-state index in [-0.39, 0.29) is 12.0 Å². The molecular weight excluding hydrogens is 296 g/mol. The third-order valence-corrected chi connectivity index (χ3v) is 4.47. The summed E-state index contributed by atoms with van der Waals surface area (Å²) in [6, 6.07) is 2.25. The molecule has 1 aliphatic heterocycles. The lowest BCUT2D eigenvalue weighted by Gasteiger charge is -2.33. The molecule has 1 aromatic heterocycles. The Balaban J connectivity index is 1.49. The number of rotatable bonds is 6. The molecule has 1 N–H and O–H groups in total. The molecule has 0 bridgehead atoms. The molecule has 0 radical (unpaired) electrons. The van der Waals surface area contributed by atoms with Crippen LogP contribution < -0.4 is 5.32 Å². The Morgan fingerprint density at radius 3 is 3.04 bits per heavy atom. The first-order valence-electron chi connectivity index (χ1n) is 7.98. The zero-order chi connectivity index (χ0) is 16.3. The summed E-state index contributed by atoms with van der Waals surface area (Å²) in [7, 11) is 0. The molecule has 0 aromatic carbocycles. The summed E-state index contributed by atoms with van der Waals surface area (Å²) in [4.78, 5) is 18.2. The van der Waals surface area contributed by atoms with Crippen molar-refractivity contribution < 1.29 is 9.53 Å². The molecule has 2 atom stereocenters. The molecular formula is C15H22N6O2. The van der Waals surface area contributed by atoms with Gasteiger partial charge in [0, 0.05) is 13.1 Å². The summed E-state index contributed by atoms with van der Waals surface area (Å²) >= 11 is 0. The van der Waals surface area contributed by atoms with Gasteiger partial charge in [-0.3, -0.25) is 14.4 Å². The minimum Gasteiger partial charge on any atom is -0.374 e. The van der Waals surface area contributed by atoms with Crippen LogP contribution in [0, 0.1) is 17.2 Å². The fourth-order valence-electron chi connectivity index (χ4n) is 2.98. The van der Waals surface area contributed by atoms with Crippen LogP contribution in [0.2, 0.25) is 0 Å². The highest BCUT2D eigenvalue weighted by Gasteiger charge is 2.43. The van der Waals surface area contributed by atoms with E-state index in [4.69, 9.17) is 4.74 Å². The van der Waals surface area contributed by atoms with Crippen LogP contribution in [0.3, 0.4) is 0 Å². The minimum absolute atomic E-state index is 0.0102. The lowest BCUT2D eigenvalue weighted by atomic mass is 9.98. The van der Waals surface area contributed by atoms with E-state index in [9.17, 15) is 10.1 Å². The molecule has 0 spiro atoms. The summed E-state index contributed by atoms with van der Waals surface area (Å²) in [6.45, 7) is 4.70. The number of nitrogens with zero attached hydrogens (tertiary/aromatic N) is 5. The third-order valence-electron chi connectivity index (χ3n) is 4.47. The van der Waals surface area contributed by atoms with Crippen LogP contribution in [0.1, 0.15) is 19.8 Å². The van der Waals surface area contributed by atoms with E-state index in [2.05, 4.69) is 26.4 Å².